The molecule has 1 heterocycles. The van der Waals surface area contributed by atoms with E-state index in [-0.39, 0.29) is 12.5 Å². The van der Waals surface area contributed by atoms with E-state index in [1.165, 1.54) is 12.0 Å². The Hall–Kier alpha value is -1.92. The molecule has 6 heteroatoms. The van der Waals surface area contributed by atoms with Crippen molar-refractivity contribution in [1.29, 1.82) is 0 Å². The minimum Gasteiger partial charge on any atom is -0.467 e. The third-order valence-corrected chi connectivity index (χ3v) is 3.70. The number of fused-ring (bicyclic) bond motifs is 1. The first-order valence-electron chi connectivity index (χ1n) is 7.18. The number of carbonyl (C=O) groups excluding carboxylic acids is 2. The lowest BCUT2D eigenvalue weighted by Crippen LogP contribution is -2.50. The highest BCUT2D eigenvalue weighted by atomic mass is 16.5. The molecule has 1 aromatic carbocycles. The minimum atomic E-state index is -0.599. The summed E-state index contributed by atoms with van der Waals surface area (Å²) >= 11 is 0. The van der Waals surface area contributed by atoms with Crippen molar-refractivity contribution in [2.45, 2.75) is 19.0 Å². The van der Waals surface area contributed by atoms with Crippen LogP contribution in [0, 0.1) is 0 Å². The molecule has 0 spiro atoms. The van der Waals surface area contributed by atoms with E-state index in [0.717, 1.165) is 11.1 Å². The molecule has 6 nitrogen and oxygen atoms in total. The number of nitrogens with zero attached hydrogens (tertiary/aromatic N) is 1. The molecule has 1 amide bonds. The Morgan fingerprint density at radius 1 is 1.18 bits per heavy atom. The predicted octanol–water partition coefficient (Wildman–Crippen LogP) is 0.776. The van der Waals surface area contributed by atoms with Crippen LogP contribution in [0.3, 0.4) is 0 Å². The SMILES string of the molecule is COCCOCC(=O)N1Cc2ccccc2C[C@@H]1C(=O)OC. The molecule has 1 atom stereocenters. The zero-order valence-electron chi connectivity index (χ0n) is 12.9. The average molecular weight is 307 g/mol. The number of amides is 1. The third-order valence-electron chi connectivity index (χ3n) is 3.70. The van der Waals surface area contributed by atoms with Gasteiger partial charge >= 0.3 is 5.97 Å². The maximum Gasteiger partial charge on any atom is 0.328 e. The van der Waals surface area contributed by atoms with Crippen molar-refractivity contribution in [3.05, 3.63) is 35.4 Å². The molecule has 0 radical (unpaired) electrons. The molecule has 0 unspecified atom stereocenters. The van der Waals surface area contributed by atoms with Gasteiger partial charge in [-0.2, -0.15) is 0 Å². The standard InChI is InChI=1S/C16H21NO5/c1-20-7-8-22-11-15(18)17-10-13-6-4-3-5-12(13)9-14(17)16(19)21-2/h3-6,14H,7-11H2,1-2H3/t14-/m1/s1. The van der Waals surface area contributed by atoms with Gasteiger partial charge in [0, 0.05) is 20.1 Å². The zero-order chi connectivity index (χ0) is 15.9. The molecule has 1 aliphatic rings. The number of benzene rings is 1. The van der Waals surface area contributed by atoms with Crippen LogP contribution in [0.2, 0.25) is 0 Å². The molecule has 0 bridgehead atoms. The van der Waals surface area contributed by atoms with Gasteiger partial charge in [0.1, 0.15) is 12.6 Å². The van der Waals surface area contributed by atoms with Crippen molar-refractivity contribution >= 4 is 11.9 Å². The second kappa shape index (κ2) is 7.91. The molecule has 0 saturated heterocycles. The lowest BCUT2D eigenvalue weighted by atomic mass is 9.94. The highest BCUT2D eigenvalue weighted by molar-refractivity contribution is 5.86. The summed E-state index contributed by atoms with van der Waals surface area (Å²) < 4.78 is 15.0. The highest BCUT2D eigenvalue weighted by Crippen LogP contribution is 2.24. The van der Waals surface area contributed by atoms with Crippen LogP contribution >= 0.6 is 0 Å². The van der Waals surface area contributed by atoms with Crippen molar-refractivity contribution in [3.8, 4) is 0 Å². The van der Waals surface area contributed by atoms with Gasteiger partial charge in [0.15, 0.2) is 0 Å². The third kappa shape index (κ3) is 3.84. The van der Waals surface area contributed by atoms with Crippen LogP contribution in [0.4, 0.5) is 0 Å². The van der Waals surface area contributed by atoms with Gasteiger partial charge in [-0.1, -0.05) is 24.3 Å². The molecular formula is C16H21NO5. The summed E-state index contributed by atoms with van der Waals surface area (Å²) in [5.41, 5.74) is 2.12. The molecule has 1 aliphatic heterocycles. The molecule has 0 aliphatic carbocycles. The Morgan fingerprint density at radius 3 is 2.59 bits per heavy atom. The van der Waals surface area contributed by atoms with Gasteiger partial charge in [-0.3, -0.25) is 4.79 Å². The molecule has 0 saturated carbocycles. The van der Waals surface area contributed by atoms with Crippen LogP contribution in [-0.4, -0.2) is 56.9 Å². The Balaban J connectivity index is 2.09. The number of rotatable bonds is 6. The van der Waals surface area contributed by atoms with Gasteiger partial charge in [0.25, 0.3) is 0 Å². The highest BCUT2D eigenvalue weighted by Gasteiger charge is 2.35. The maximum absolute atomic E-state index is 12.4. The zero-order valence-corrected chi connectivity index (χ0v) is 12.9. The molecule has 0 fully saturated rings. The summed E-state index contributed by atoms with van der Waals surface area (Å²) in [4.78, 5) is 25.9. The lowest BCUT2D eigenvalue weighted by Gasteiger charge is -2.35. The van der Waals surface area contributed by atoms with Gasteiger partial charge in [0.2, 0.25) is 5.91 Å². The molecule has 120 valence electrons. The Bertz CT molecular complexity index is 531. The van der Waals surface area contributed by atoms with Crippen molar-refractivity contribution < 1.29 is 23.8 Å². The average Bonchev–Trinajstić information content (AvgIpc) is 2.56. The lowest BCUT2D eigenvalue weighted by molar-refractivity contribution is -0.156. The fraction of sp³-hybridized carbons (Fsp3) is 0.500. The summed E-state index contributed by atoms with van der Waals surface area (Å²) in [5, 5.41) is 0. The van der Waals surface area contributed by atoms with Crippen LogP contribution < -0.4 is 0 Å². The Morgan fingerprint density at radius 2 is 1.91 bits per heavy atom. The summed E-state index contributed by atoms with van der Waals surface area (Å²) in [6.07, 6.45) is 0.465. The van der Waals surface area contributed by atoms with E-state index in [2.05, 4.69) is 0 Å². The second-order valence-electron chi connectivity index (χ2n) is 5.08. The van der Waals surface area contributed by atoms with Gasteiger partial charge in [0.05, 0.1) is 20.3 Å². The number of hydrogen-bond donors (Lipinski definition) is 0. The normalized spacial score (nSPS) is 17.0. The van der Waals surface area contributed by atoms with Gasteiger partial charge in [-0.25, -0.2) is 4.79 Å². The van der Waals surface area contributed by atoms with Gasteiger partial charge < -0.3 is 19.1 Å². The smallest absolute Gasteiger partial charge is 0.328 e. The van der Waals surface area contributed by atoms with Crippen LogP contribution in [-0.2, 0) is 36.8 Å². The van der Waals surface area contributed by atoms with Crippen molar-refractivity contribution in [3.63, 3.8) is 0 Å². The quantitative estimate of drug-likeness (QED) is 0.574. The summed E-state index contributed by atoms with van der Waals surface area (Å²) in [7, 11) is 2.90. The molecular weight excluding hydrogens is 286 g/mol. The molecule has 0 aromatic heterocycles. The molecule has 0 N–H and O–H groups in total. The van der Waals surface area contributed by atoms with E-state index in [1.807, 2.05) is 24.3 Å². The summed E-state index contributed by atoms with van der Waals surface area (Å²) in [6, 6.07) is 7.20. The minimum absolute atomic E-state index is 0.0704. The van der Waals surface area contributed by atoms with E-state index in [9.17, 15) is 9.59 Å². The largest absolute Gasteiger partial charge is 0.467 e. The summed E-state index contributed by atoms with van der Waals surface area (Å²) in [5.74, 6) is -0.624. The summed E-state index contributed by atoms with van der Waals surface area (Å²) in [6.45, 7) is 1.09. The monoisotopic (exact) mass is 307 g/mol. The Labute approximate surface area is 129 Å². The van der Waals surface area contributed by atoms with E-state index < -0.39 is 12.0 Å². The second-order valence-corrected chi connectivity index (χ2v) is 5.08. The number of carbonyl (C=O) groups is 2. The van der Waals surface area contributed by atoms with Crippen molar-refractivity contribution in [2.75, 3.05) is 34.0 Å². The van der Waals surface area contributed by atoms with Crippen LogP contribution in [0.15, 0.2) is 24.3 Å². The van der Waals surface area contributed by atoms with E-state index >= 15 is 0 Å². The molecule has 1 aromatic rings. The predicted molar refractivity (Wildman–Crippen MR) is 79.2 cm³/mol. The van der Waals surface area contributed by atoms with E-state index in [1.54, 1.807) is 7.11 Å². The fourth-order valence-corrected chi connectivity index (χ4v) is 2.52. The Kier molecular flexibility index (Phi) is 5.91. The van der Waals surface area contributed by atoms with Crippen LogP contribution in [0.25, 0.3) is 0 Å². The molecule has 2 rings (SSSR count). The fourth-order valence-electron chi connectivity index (χ4n) is 2.52. The first-order chi connectivity index (χ1) is 10.7. The van der Waals surface area contributed by atoms with E-state index in [0.29, 0.717) is 26.2 Å². The first-order valence-corrected chi connectivity index (χ1v) is 7.18. The first kappa shape index (κ1) is 16.5. The van der Waals surface area contributed by atoms with Crippen molar-refractivity contribution in [1.82, 2.24) is 4.90 Å². The number of methoxy groups -OCH3 is 2. The van der Waals surface area contributed by atoms with Crippen LogP contribution in [0.5, 0.6) is 0 Å². The van der Waals surface area contributed by atoms with Crippen molar-refractivity contribution in [2.24, 2.45) is 0 Å². The number of ether oxygens (including phenoxy) is 3. The maximum atomic E-state index is 12.4. The number of hydrogen-bond acceptors (Lipinski definition) is 5. The number of esters is 1. The van der Waals surface area contributed by atoms with Gasteiger partial charge in [-0.15, -0.1) is 0 Å². The van der Waals surface area contributed by atoms with E-state index in [4.69, 9.17) is 14.2 Å². The van der Waals surface area contributed by atoms with Crippen LogP contribution in [0.1, 0.15) is 11.1 Å². The molecule has 22 heavy (non-hydrogen) atoms. The van der Waals surface area contributed by atoms with Gasteiger partial charge in [-0.05, 0) is 11.1 Å². The topological polar surface area (TPSA) is 65.1 Å².